The first-order valence-corrected chi connectivity index (χ1v) is 8.34. The van der Waals surface area contributed by atoms with Gasteiger partial charge in [-0.3, -0.25) is 14.6 Å². The van der Waals surface area contributed by atoms with Crippen LogP contribution in [0.2, 0.25) is 0 Å². The lowest BCUT2D eigenvalue weighted by Gasteiger charge is -2.38. The van der Waals surface area contributed by atoms with E-state index in [-0.39, 0.29) is 11.8 Å². The highest BCUT2D eigenvalue weighted by Gasteiger charge is 2.50. The van der Waals surface area contributed by atoms with Crippen molar-refractivity contribution >= 4 is 17.5 Å². The fourth-order valence-corrected chi connectivity index (χ4v) is 3.90. The van der Waals surface area contributed by atoms with Crippen molar-refractivity contribution < 1.29 is 9.59 Å². The molecule has 2 amide bonds. The smallest absolute Gasteiger partial charge is 0.270 e. The number of nitrogens with one attached hydrogen (secondary N) is 1. The van der Waals surface area contributed by atoms with Gasteiger partial charge in [-0.25, -0.2) is 0 Å². The monoisotopic (exact) mass is 324 g/mol. The molecule has 6 heteroatoms. The number of nitrogens with zero attached hydrogens (tertiary/aromatic N) is 3. The van der Waals surface area contributed by atoms with Crippen LogP contribution in [0.3, 0.4) is 0 Å². The van der Waals surface area contributed by atoms with E-state index < -0.39 is 5.41 Å². The number of carbonyl (C=O) groups is 2. The van der Waals surface area contributed by atoms with Crippen molar-refractivity contribution in [1.82, 2.24) is 14.9 Å². The second-order valence-electron chi connectivity index (χ2n) is 6.61. The van der Waals surface area contributed by atoms with Crippen molar-refractivity contribution in [2.24, 2.45) is 5.41 Å². The molecule has 2 fully saturated rings. The third-order valence-electron chi connectivity index (χ3n) is 5.16. The van der Waals surface area contributed by atoms with Gasteiger partial charge in [-0.1, -0.05) is 0 Å². The lowest BCUT2D eigenvalue weighted by molar-refractivity contribution is -0.127. The number of anilines is 1. The molecule has 0 aromatic carbocycles. The van der Waals surface area contributed by atoms with Crippen molar-refractivity contribution in [2.75, 3.05) is 24.5 Å². The number of carbonyl (C=O) groups excluding carboxylic acids is 2. The summed E-state index contributed by atoms with van der Waals surface area (Å²) in [5, 5.41) is 0. The molecule has 0 aliphatic carbocycles. The van der Waals surface area contributed by atoms with E-state index in [4.69, 9.17) is 0 Å². The van der Waals surface area contributed by atoms with E-state index in [1.807, 2.05) is 28.0 Å². The minimum absolute atomic E-state index is 0.0216. The maximum Gasteiger partial charge on any atom is 0.270 e. The van der Waals surface area contributed by atoms with E-state index >= 15 is 0 Å². The molecule has 2 aliphatic heterocycles. The number of aromatic nitrogens is 2. The predicted molar refractivity (Wildman–Crippen MR) is 89.6 cm³/mol. The molecule has 0 radical (unpaired) electrons. The highest BCUT2D eigenvalue weighted by Crippen LogP contribution is 2.41. The Morgan fingerprint density at radius 1 is 1.21 bits per heavy atom. The number of piperidine rings is 1. The average Bonchev–Trinajstić information content (AvgIpc) is 3.26. The van der Waals surface area contributed by atoms with Crippen LogP contribution in [0.4, 0.5) is 5.69 Å². The molecule has 0 bridgehead atoms. The number of likely N-dealkylation sites (tertiary alicyclic amines) is 1. The largest absolute Gasteiger partial charge is 0.357 e. The van der Waals surface area contributed by atoms with Crippen molar-refractivity contribution in [3.8, 4) is 0 Å². The van der Waals surface area contributed by atoms with Crippen molar-refractivity contribution in [1.29, 1.82) is 0 Å². The van der Waals surface area contributed by atoms with Gasteiger partial charge < -0.3 is 14.8 Å². The van der Waals surface area contributed by atoms with E-state index in [1.54, 1.807) is 24.7 Å². The first kappa shape index (κ1) is 14.9. The maximum absolute atomic E-state index is 13.1. The maximum atomic E-state index is 13.1. The topological polar surface area (TPSA) is 69.3 Å². The Labute approximate surface area is 140 Å². The molecule has 2 saturated heterocycles. The Hall–Kier alpha value is -2.63. The van der Waals surface area contributed by atoms with Crippen LogP contribution in [0.1, 0.15) is 29.8 Å². The molecule has 1 atom stereocenters. The molecule has 2 aliphatic rings. The molecule has 24 heavy (non-hydrogen) atoms. The third kappa shape index (κ3) is 2.38. The Morgan fingerprint density at radius 3 is 2.88 bits per heavy atom. The highest BCUT2D eigenvalue weighted by atomic mass is 16.2. The molecule has 4 heterocycles. The fourth-order valence-electron chi connectivity index (χ4n) is 3.90. The molecular weight excluding hydrogens is 304 g/mol. The second kappa shape index (κ2) is 5.78. The Bertz CT molecular complexity index is 744. The number of amides is 2. The summed E-state index contributed by atoms with van der Waals surface area (Å²) in [5.74, 6) is 0.103. The van der Waals surface area contributed by atoms with Crippen LogP contribution in [0.25, 0.3) is 0 Å². The summed E-state index contributed by atoms with van der Waals surface area (Å²) in [6, 6.07) is 7.35. The van der Waals surface area contributed by atoms with Gasteiger partial charge in [-0.2, -0.15) is 0 Å². The zero-order valence-corrected chi connectivity index (χ0v) is 13.4. The highest BCUT2D eigenvalue weighted by molar-refractivity contribution is 6.01. The number of H-pyrrole nitrogens is 1. The van der Waals surface area contributed by atoms with Gasteiger partial charge in [0.05, 0.1) is 17.3 Å². The first-order chi connectivity index (χ1) is 11.7. The van der Waals surface area contributed by atoms with Crippen LogP contribution in [0.15, 0.2) is 42.9 Å². The SMILES string of the molecule is O=C(c1ccc[nH]1)N1CCC[C@@]2(CCN(c3cccnc3)C2=O)C1. The zero-order chi connectivity index (χ0) is 16.6. The quantitative estimate of drug-likeness (QED) is 0.919. The molecule has 2 aromatic rings. The Morgan fingerprint density at radius 2 is 2.12 bits per heavy atom. The summed E-state index contributed by atoms with van der Waals surface area (Å²) in [6.07, 6.45) is 7.67. The van der Waals surface area contributed by atoms with Crippen LogP contribution in [-0.2, 0) is 4.79 Å². The molecule has 2 aromatic heterocycles. The molecule has 6 nitrogen and oxygen atoms in total. The van der Waals surface area contributed by atoms with Crippen LogP contribution in [0, 0.1) is 5.41 Å². The summed E-state index contributed by atoms with van der Waals surface area (Å²) in [7, 11) is 0. The summed E-state index contributed by atoms with van der Waals surface area (Å²) >= 11 is 0. The number of hydrogen-bond donors (Lipinski definition) is 1. The van der Waals surface area contributed by atoms with Crippen LogP contribution < -0.4 is 4.90 Å². The van der Waals surface area contributed by atoms with Gasteiger partial charge >= 0.3 is 0 Å². The van der Waals surface area contributed by atoms with Gasteiger partial charge in [0.1, 0.15) is 5.69 Å². The summed E-state index contributed by atoms with van der Waals surface area (Å²) in [4.78, 5) is 36.4. The lowest BCUT2D eigenvalue weighted by atomic mass is 9.78. The van der Waals surface area contributed by atoms with Crippen molar-refractivity contribution in [3.63, 3.8) is 0 Å². The van der Waals surface area contributed by atoms with E-state index in [0.29, 0.717) is 25.3 Å². The van der Waals surface area contributed by atoms with E-state index in [0.717, 1.165) is 24.9 Å². The summed E-state index contributed by atoms with van der Waals surface area (Å²) < 4.78 is 0. The molecule has 4 rings (SSSR count). The number of rotatable bonds is 2. The van der Waals surface area contributed by atoms with Gasteiger partial charge in [0.2, 0.25) is 5.91 Å². The number of aromatic amines is 1. The normalized spacial score (nSPS) is 23.9. The Balaban J connectivity index is 1.55. The molecule has 124 valence electrons. The standard InChI is InChI=1S/C18H20N4O2/c23-16(15-5-2-9-20-15)21-10-3-6-18(13-21)7-11-22(17(18)24)14-4-1-8-19-12-14/h1-2,4-5,8-9,12,20H,3,6-7,10-11,13H2/t18-/m1/s1. The molecule has 1 spiro atoms. The van der Waals surface area contributed by atoms with Gasteiger partial charge in [-0.05, 0) is 43.5 Å². The minimum Gasteiger partial charge on any atom is -0.357 e. The fraction of sp³-hybridized carbons (Fsp3) is 0.389. The van der Waals surface area contributed by atoms with Crippen LogP contribution in [0.5, 0.6) is 0 Å². The second-order valence-corrected chi connectivity index (χ2v) is 6.61. The Kier molecular flexibility index (Phi) is 3.59. The van der Waals surface area contributed by atoms with Crippen LogP contribution >= 0.6 is 0 Å². The van der Waals surface area contributed by atoms with E-state index in [9.17, 15) is 9.59 Å². The summed E-state index contributed by atoms with van der Waals surface area (Å²) in [6.45, 7) is 1.90. The van der Waals surface area contributed by atoms with Gasteiger partial charge in [0.15, 0.2) is 0 Å². The molecule has 0 unspecified atom stereocenters. The van der Waals surface area contributed by atoms with Gasteiger partial charge in [0, 0.05) is 32.0 Å². The lowest BCUT2D eigenvalue weighted by Crippen LogP contribution is -2.50. The van der Waals surface area contributed by atoms with Gasteiger partial charge in [0.25, 0.3) is 5.91 Å². The zero-order valence-electron chi connectivity index (χ0n) is 13.4. The van der Waals surface area contributed by atoms with Crippen molar-refractivity contribution in [2.45, 2.75) is 19.3 Å². The minimum atomic E-state index is -0.448. The predicted octanol–water partition coefficient (Wildman–Crippen LogP) is 2.07. The average molecular weight is 324 g/mol. The van der Waals surface area contributed by atoms with E-state index in [1.165, 1.54) is 0 Å². The number of hydrogen-bond acceptors (Lipinski definition) is 3. The third-order valence-corrected chi connectivity index (χ3v) is 5.16. The van der Waals surface area contributed by atoms with Gasteiger partial charge in [-0.15, -0.1) is 0 Å². The molecule has 0 saturated carbocycles. The van der Waals surface area contributed by atoms with Crippen LogP contribution in [-0.4, -0.2) is 46.3 Å². The number of pyridine rings is 1. The summed E-state index contributed by atoms with van der Waals surface area (Å²) in [5.41, 5.74) is 0.977. The molecular formula is C18H20N4O2. The van der Waals surface area contributed by atoms with E-state index in [2.05, 4.69) is 9.97 Å². The first-order valence-electron chi connectivity index (χ1n) is 8.34. The van der Waals surface area contributed by atoms with Crippen molar-refractivity contribution in [3.05, 3.63) is 48.5 Å². The molecule has 1 N–H and O–H groups in total.